The fraction of sp³-hybridized carbons (Fsp3) is 0.318. The number of nitrogen functional groups attached to an aromatic ring is 1. The molecule has 0 saturated carbocycles. The van der Waals surface area contributed by atoms with Gasteiger partial charge in [-0.05, 0) is 29.0 Å². The third kappa shape index (κ3) is 3.36. The molecule has 2 aromatic heterocycles. The summed E-state index contributed by atoms with van der Waals surface area (Å²) in [5.41, 5.74) is 8.71. The predicted molar refractivity (Wildman–Crippen MR) is 119 cm³/mol. The van der Waals surface area contributed by atoms with E-state index >= 15 is 0 Å². The first-order valence-corrected chi connectivity index (χ1v) is 10.1. The van der Waals surface area contributed by atoms with Crippen molar-refractivity contribution in [3.05, 3.63) is 42.6 Å². The summed E-state index contributed by atoms with van der Waals surface area (Å²) in [7, 11) is 4.03. The number of aliphatic hydroxyl groups is 2. The van der Waals surface area contributed by atoms with Gasteiger partial charge in [0.2, 0.25) is 0 Å². The minimum Gasteiger partial charge on any atom is -0.394 e. The van der Waals surface area contributed by atoms with Crippen LogP contribution in [0.3, 0.4) is 0 Å². The predicted octanol–water partition coefficient (Wildman–Crippen LogP) is 1.94. The fourth-order valence-corrected chi connectivity index (χ4v) is 3.97. The van der Waals surface area contributed by atoms with Crippen LogP contribution in [-0.4, -0.2) is 62.9 Å². The van der Waals surface area contributed by atoms with E-state index in [2.05, 4.69) is 33.2 Å². The van der Waals surface area contributed by atoms with E-state index in [-0.39, 0.29) is 6.61 Å². The lowest BCUT2D eigenvalue weighted by Gasteiger charge is -2.14. The molecular formula is C22H24N6O3. The maximum atomic E-state index is 10.1. The molecular weight excluding hydrogens is 396 g/mol. The van der Waals surface area contributed by atoms with Crippen LogP contribution in [-0.2, 0) is 4.74 Å². The third-order valence-corrected chi connectivity index (χ3v) is 5.74. The molecule has 1 aliphatic heterocycles. The monoisotopic (exact) mass is 420 g/mol. The lowest BCUT2D eigenvalue weighted by atomic mass is 10.1. The second-order valence-corrected chi connectivity index (χ2v) is 8.01. The van der Waals surface area contributed by atoms with Crippen LogP contribution >= 0.6 is 0 Å². The number of fused-ring (bicyclic) bond motifs is 2. The van der Waals surface area contributed by atoms with E-state index in [4.69, 9.17) is 15.5 Å². The van der Waals surface area contributed by atoms with Gasteiger partial charge in [-0.15, -0.1) is 0 Å². The van der Waals surface area contributed by atoms with Gasteiger partial charge in [0.25, 0.3) is 0 Å². The zero-order valence-electron chi connectivity index (χ0n) is 17.3. The molecule has 0 radical (unpaired) electrons. The molecule has 1 saturated heterocycles. The van der Waals surface area contributed by atoms with E-state index in [1.165, 1.54) is 0 Å². The van der Waals surface area contributed by atoms with Crippen molar-refractivity contribution < 1.29 is 14.9 Å². The van der Waals surface area contributed by atoms with Gasteiger partial charge in [-0.2, -0.15) is 5.10 Å². The molecule has 0 amide bonds. The van der Waals surface area contributed by atoms with E-state index in [1.54, 1.807) is 10.9 Å². The fourth-order valence-electron chi connectivity index (χ4n) is 3.97. The Morgan fingerprint density at radius 2 is 1.94 bits per heavy atom. The lowest BCUT2D eigenvalue weighted by molar-refractivity contribution is -0.0470. The van der Waals surface area contributed by atoms with Crippen LogP contribution in [0.4, 0.5) is 11.5 Å². The lowest BCUT2D eigenvalue weighted by Crippen LogP contribution is -2.24. The summed E-state index contributed by atoms with van der Waals surface area (Å²) in [6.07, 6.45) is -0.0332. The van der Waals surface area contributed by atoms with Crippen LogP contribution in [0, 0.1) is 0 Å². The highest BCUT2D eigenvalue weighted by atomic mass is 16.5. The molecule has 3 atom stereocenters. The van der Waals surface area contributed by atoms with Crippen molar-refractivity contribution in [2.75, 3.05) is 31.3 Å². The van der Waals surface area contributed by atoms with Crippen molar-refractivity contribution in [2.45, 2.75) is 24.9 Å². The average Bonchev–Trinajstić information content (AvgIpc) is 3.36. The van der Waals surface area contributed by atoms with Gasteiger partial charge in [0.05, 0.1) is 24.3 Å². The summed E-state index contributed by atoms with van der Waals surface area (Å²) in [5, 5.41) is 26.6. The van der Waals surface area contributed by atoms with Crippen LogP contribution in [0.2, 0.25) is 0 Å². The molecule has 0 unspecified atom stereocenters. The minimum absolute atomic E-state index is 0.258. The van der Waals surface area contributed by atoms with Crippen LogP contribution < -0.4 is 10.6 Å². The number of hydrogen-bond acceptors (Lipinski definition) is 8. The van der Waals surface area contributed by atoms with Gasteiger partial charge < -0.3 is 25.6 Å². The minimum atomic E-state index is -0.763. The SMILES string of the molecule is CN(C)c1ccc2cc(-c3nc(N)c4cnn([C@H]5C[C@H](O)[C@@H](CO)O5)c4n3)ccc2c1. The van der Waals surface area contributed by atoms with Gasteiger partial charge in [0.15, 0.2) is 17.7 Å². The first kappa shape index (κ1) is 19.7. The van der Waals surface area contributed by atoms with Crippen molar-refractivity contribution in [3.8, 4) is 11.4 Å². The van der Waals surface area contributed by atoms with Crippen molar-refractivity contribution in [3.63, 3.8) is 0 Å². The van der Waals surface area contributed by atoms with Crippen molar-refractivity contribution >= 4 is 33.3 Å². The largest absolute Gasteiger partial charge is 0.394 e. The number of ether oxygens (including phenoxy) is 1. The van der Waals surface area contributed by atoms with Crippen LogP contribution in [0.15, 0.2) is 42.6 Å². The summed E-state index contributed by atoms with van der Waals surface area (Å²) < 4.78 is 7.34. The molecule has 0 bridgehead atoms. The molecule has 31 heavy (non-hydrogen) atoms. The maximum Gasteiger partial charge on any atom is 0.166 e. The molecule has 3 heterocycles. The van der Waals surface area contributed by atoms with Gasteiger partial charge in [0.1, 0.15) is 11.9 Å². The Labute approximate surface area is 178 Å². The number of benzene rings is 2. The summed E-state index contributed by atoms with van der Waals surface area (Å²) in [6.45, 7) is -0.258. The van der Waals surface area contributed by atoms with E-state index in [9.17, 15) is 10.2 Å². The average molecular weight is 420 g/mol. The molecule has 4 aromatic rings. The van der Waals surface area contributed by atoms with Gasteiger partial charge in [0, 0.05) is 31.8 Å². The van der Waals surface area contributed by atoms with Crippen LogP contribution in [0.1, 0.15) is 12.6 Å². The first-order valence-electron chi connectivity index (χ1n) is 10.1. The summed E-state index contributed by atoms with van der Waals surface area (Å²) in [6, 6.07) is 12.3. The van der Waals surface area contributed by atoms with E-state index in [0.717, 1.165) is 22.0 Å². The van der Waals surface area contributed by atoms with Crippen molar-refractivity contribution in [1.82, 2.24) is 19.7 Å². The van der Waals surface area contributed by atoms with E-state index in [0.29, 0.717) is 29.1 Å². The van der Waals surface area contributed by atoms with Gasteiger partial charge in [-0.1, -0.05) is 18.2 Å². The number of rotatable bonds is 4. The Balaban J connectivity index is 1.57. The molecule has 1 fully saturated rings. The first-order chi connectivity index (χ1) is 14.9. The quantitative estimate of drug-likeness (QED) is 0.458. The molecule has 0 spiro atoms. The zero-order valence-corrected chi connectivity index (χ0v) is 17.3. The molecule has 5 rings (SSSR count). The summed E-state index contributed by atoms with van der Waals surface area (Å²) in [4.78, 5) is 11.3. The molecule has 2 aromatic carbocycles. The number of aromatic nitrogens is 4. The maximum absolute atomic E-state index is 10.1. The van der Waals surface area contributed by atoms with Crippen molar-refractivity contribution in [2.24, 2.45) is 0 Å². The Kier molecular flexibility index (Phi) is 4.73. The van der Waals surface area contributed by atoms with E-state index in [1.807, 2.05) is 32.3 Å². The molecule has 4 N–H and O–H groups in total. The molecule has 9 heteroatoms. The smallest absolute Gasteiger partial charge is 0.166 e. The Hall–Kier alpha value is -3.27. The molecule has 9 nitrogen and oxygen atoms in total. The normalized spacial score (nSPS) is 21.2. The Morgan fingerprint density at radius 3 is 2.68 bits per heavy atom. The number of hydrogen-bond donors (Lipinski definition) is 3. The third-order valence-electron chi connectivity index (χ3n) is 5.74. The van der Waals surface area contributed by atoms with Crippen molar-refractivity contribution in [1.29, 1.82) is 0 Å². The highest BCUT2D eigenvalue weighted by molar-refractivity contribution is 5.91. The van der Waals surface area contributed by atoms with Gasteiger partial charge in [-0.3, -0.25) is 0 Å². The number of anilines is 2. The topological polar surface area (TPSA) is 123 Å². The van der Waals surface area contributed by atoms with Crippen LogP contribution in [0.5, 0.6) is 0 Å². The highest BCUT2D eigenvalue weighted by Gasteiger charge is 2.36. The van der Waals surface area contributed by atoms with Gasteiger partial charge in [-0.25, -0.2) is 14.6 Å². The number of aliphatic hydroxyl groups excluding tert-OH is 2. The second kappa shape index (κ2) is 7.45. The summed E-state index contributed by atoms with van der Waals surface area (Å²) in [5.74, 6) is 0.814. The molecule has 1 aliphatic rings. The molecule has 0 aliphatic carbocycles. The zero-order chi connectivity index (χ0) is 21.7. The highest BCUT2D eigenvalue weighted by Crippen LogP contribution is 2.33. The Bertz CT molecular complexity index is 1270. The second-order valence-electron chi connectivity index (χ2n) is 8.01. The standard InChI is InChI=1S/C22H24N6O3/c1-27(2)15-6-5-12-7-14(4-3-13(12)8-15)21-25-20(23)16-10-24-28(22(16)26-21)19-9-17(30)18(11-29)31-19/h3-8,10,17-19,29-30H,9,11H2,1-2H3,(H2,23,25,26)/t17-,18+,19+/m0/s1. The Morgan fingerprint density at radius 1 is 1.16 bits per heavy atom. The number of nitrogens with zero attached hydrogens (tertiary/aromatic N) is 5. The van der Waals surface area contributed by atoms with Crippen LogP contribution in [0.25, 0.3) is 33.2 Å². The van der Waals surface area contributed by atoms with E-state index < -0.39 is 18.4 Å². The van der Waals surface area contributed by atoms with Gasteiger partial charge >= 0.3 is 0 Å². The number of nitrogens with two attached hydrogens (primary N) is 1. The summed E-state index contributed by atoms with van der Waals surface area (Å²) >= 11 is 0. The molecule has 160 valence electrons.